The molecule has 2 heterocycles. The molecule has 8 heteroatoms. The zero-order valence-corrected chi connectivity index (χ0v) is 20.7. The molecule has 1 aliphatic rings. The van der Waals surface area contributed by atoms with Crippen molar-refractivity contribution < 1.29 is 9.53 Å². The predicted molar refractivity (Wildman–Crippen MR) is 133 cm³/mol. The summed E-state index contributed by atoms with van der Waals surface area (Å²) in [4.78, 5) is 21.1. The second-order valence-corrected chi connectivity index (χ2v) is 9.33. The summed E-state index contributed by atoms with van der Waals surface area (Å²) in [7, 11) is 0. The number of hydrogen-bond acceptors (Lipinski definition) is 6. The number of pyridine rings is 1. The molecule has 0 radical (unpaired) electrons. The number of thiocarbonyl (C=S) groups is 1. The van der Waals surface area contributed by atoms with Crippen LogP contribution < -0.4 is 15.0 Å². The zero-order valence-electron chi connectivity index (χ0n) is 19.9. The molecule has 1 saturated heterocycles. The van der Waals surface area contributed by atoms with Gasteiger partial charge in [-0.1, -0.05) is 13.8 Å². The van der Waals surface area contributed by atoms with Crippen molar-refractivity contribution >= 4 is 28.9 Å². The van der Waals surface area contributed by atoms with Crippen LogP contribution in [-0.2, 0) is 11.3 Å². The summed E-state index contributed by atoms with van der Waals surface area (Å²) in [5.41, 5.74) is 2.30. The highest BCUT2D eigenvalue weighted by atomic mass is 32.1. The first-order valence-corrected chi connectivity index (χ1v) is 11.5. The van der Waals surface area contributed by atoms with Crippen molar-refractivity contribution in [2.24, 2.45) is 0 Å². The molecule has 0 unspecified atom stereocenters. The summed E-state index contributed by atoms with van der Waals surface area (Å²) in [5.74, 6) is 0.643. The van der Waals surface area contributed by atoms with Gasteiger partial charge in [0.15, 0.2) is 5.11 Å². The highest BCUT2D eigenvalue weighted by Gasteiger charge is 2.49. The van der Waals surface area contributed by atoms with Gasteiger partial charge in [-0.2, -0.15) is 5.26 Å². The third-order valence-electron chi connectivity index (χ3n) is 5.70. The molecule has 1 amide bonds. The molecule has 0 atom stereocenters. The molecule has 1 N–H and O–H groups in total. The molecule has 0 saturated carbocycles. The van der Waals surface area contributed by atoms with E-state index in [1.54, 1.807) is 23.2 Å². The number of nitrogens with zero attached hydrogens (tertiary/aromatic N) is 4. The van der Waals surface area contributed by atoms with E-state index in [1.165, 1.54) is 0 Å². The number of benzene rings is 1. The monoisotopic (exact) mass is 465 g/mol. The lowest BCUT2D eigenvalue weighted by Crippen LogP contribution is -2.44. The van der Waals surface area contributed by atoms with E-state index in [-0.39, 0.29) is 5.91 Å². The van der Waals surface area contributed by atoms with Crippen molar-refractivity contribution in [3.63, 3.8) is 0 Å². The molecule has 0 bridgehead atoms. The number of rotatable bonds is 9. The van der Waals surface area contributed by atoms with Crippen LogP contribution in [0.15, 0.2) is 36.5 Å². The van der Waals surface area contributed by atoms with Crippen LogP contribution in [0.25, 0.3) is 0 Å². The van der Waals surface area contributed by atoms with Crippen LogP contribution in [0.1, 0.15) is 50.9 Å². The Morgan fingerprint density at radius 2 is 2.03 bits per heavy atom. The second kappa shape index (κ2) is 10.3. The van der Waals surface area contributed by atoms with Gasteiger partial charge in [-0.05, 0) is 75.3 Å². The first-order chi connectivity index (χ1) is 15.6. The van der Waals surface area contributed by atoms with Crippen LogP contribution in [0.2, 0.25) is 0 Å². The zero-order chi connectivity index (χ0) is 24.2. The Labute approximate surface area is 201 Å². The Morgan fingerprint density at radius 1 is 1.27 bits per heavy atom. The highest BCUT2D eigenvalue weighted by molar-refractivity contribution is 7.80. The van der Waals surface area contributed by atoms with E-state index in [4.69, 9.17) is 17.0 Å². The predicted octanol–water partition coefficient (Wildman–Crippen LogP) is 3.94. The number of hydrogen-bond donors (Lipinski definition) is 1. The van der Waals surface area contributed by atoms with Gasteiger partial charge >= 0.3 is 0 Å². The molecule has 7 nitrogen and oxygen atoms in total. The fourth-order valence-corrected chi connectivity index (χ4v) is 4.18. The second-order valence-electron chi connectivity index (χ2n) is 8.97. The number of aromatic nitrogens is 1. The molecule has 0 aliphatic carbocycles. The Bertz CT molecular complexity index is 1060. The Balaban J connectivity index is 1.58. The standard InChI is InChI=1S/C25H31N5O2S/c1-17(2)27-15-20-8-10-22(16-28-20)32-12-6-11-29-24(33)30(23(31)25(29,4)5)21-9-7-19(14-26)18(3)13-21/h7-10,13,16-17,27H,6,11-12,15H2,1-5H3. The van der Waals surface area contributed by atoms with Crippen molar-refractivity contribution in [1.29, 1.82) is 5.26 Å². The first-order valence-electron chi connectivity index (χ1n) is 11.1. The lowest BCUT2D eigenvalue weighted by molar-refractivity contribution is -0.123. The van der Waals surface area contributed by atoms with Crippen LogP contribution in [0.5, 0.6) is 5.75 Å². The largest absolute Gasteiger partial charge is 0.492 e. The number of anilines is 1. The smallest absolute Gasteiger partial charge is 0.258 e. The highest BCUT2D eigenvalue weighted by Crippen LogP contribution is 2.33. The Morgan fingerprint density at radius 3 is 2.64 bits per heavy atom. The lowest BCUT2D eigenvalue weighted by atomic mass is 10.0. The van der Waals surface area contributed by atoms with Gasteiger partial charge in [0.05, 0.1) is 35.8 Å². The quantitative estimate of drug-likeness (QED) is 0.444. The Kier molecular flexibility index (Phi) is 7.67. The maximum Gasteiger partial charge on any atom is 0.258 e. The summed E-state index contributed by atoms with van der Waals surface area (Å²) >= 11 is 5.68. The fraction of sp³-hybridized carbons (Fsp3) is 0.440. The number of aryl methyl sites for hydroxylation is 1. The minimum atomic E-state index is -0.758. The van der Waals surface area contributed by atoms with Crippen LogP contribution in [-0.4, -0.2) is 45.6 Å². The van der Waals surface area contributed by atoms with Crippen molar-refractivity contribution in [1.82, 2.24) is 15.2 Å². The van der Waals surface area contributed by atoms with E-state index in [0.29, 0.717) is 42.0 Å². The van der Waals surface area contributed by atoms with Gasteiger partial charge in [0, 0.05) is 19.1 Å². The summed E-state index contributed by atoms with van der Waals surface area (Å²) in [6, 6.07) is 11.8. The number of carbonyl (C=O) groups is 1. The number of amides is 1. The SMILES string of the molecule is Cc1cc(N2C(=O)C(C)(C)N(CCCOc3ccc(CNC(C)C)nc3)C2=S)ccc1C#N. The average Bonchev–Trinajstić information content (AvgIpc) is 2.94. The molecule has 1 fully saturated rings. The molecular weight excluding hydrogens is 434 g/mol. The van der Waals surface area contributed by atoms with Gasteiger partial charge < -0.3 is 15.0 Å². The Hall–Kier alpha value is -3.02. The molecular formula is C25H31N5O2S. The number of nitriles is 1. The number of nitrogens with one attached hydrogen (secondary N) is 1. The van der Waals surface area contributed by atoms with Gasteiger partial charge in [0.25, 0.3) is 5.91 Å². The summed E-state index contributed by atoms with van der Waals surface area (Å²) in [5, 5.41) is 13.0. The number of ether oxygens (including phenoxy) is 1. The van der Waals surface area contributed by atoms with E-state index in [2.05, 4.69) is 30.2 Å². The van der Waals surface area contributed by atoms with Crippen molar-refractivity contribution in [2.45, 2.75) is 59.2 Å². The van der Waals surface area contributed by atoms with E-state index >= 15 is 0 Å². The van der Waals surface area contributed by atoms with Crippen LogP contribution in [0, 0.1) is 18.3 Å². The third kappa shape index (κ3) is 5.49. The lowest BCUT2D eigenvalue weighted by Gasteiger charge is -2.29. The van der Waals surface area contributed by atoms with Crippen LogP contribution in [0.4, 0.5) is 5.69 Å². The maximum absolute atomic E-state index is 13.2. The van der Waals surface area contributed by atoms with Crippen molar-refractivity contribution in [3.05, 3.63) is 53.3 Å². The van der Waals surface area contributed by atoms with Gasteiger partial charge in [-0.15, -0.1) is 0 Å². The maximum atomic E-state index is 13.2. The average molecular weight is 466 g/mol. The van der Waals surface area contributed by atoms with Gasteiger partial charge in [0.1, 0.15) is 11.3 Å². The van der Waals surface area contributed by atoms with Gasteiger partial charge in [-0.25, -0.2) is 0 Å². The van der Waals surface area contributed by atoms with E-state index in [9.17, 15) is 10.1 Å². The van der Waals surface area contributed by atoms with Gasteiger partial charge in [-0.3, -0.25) is 14.7 Å². The minimum Gasteiger partial charge on any atom is -0.492 e. The molecule has 33 heavy (non-hydrogen) atoms. The first kappa shape index (κ1) is 24.6. The van der Waals surface area contributed by atoms with Crippen molar-refractivity contribution in [3.8, 4) is 11.8 Å². The number of carbonyl (C=O) groups excluding carboxylic acids is 1. The molecule has 3 rings (SSSR count). The normalized spacial score (nSPS) is 15.3. The molecule has 0 spiro atoms. The molecule has 2 aromatic rings. The van der Waals surface area contributed by atoms with E-state index < -0.39 is 5.54 Å². The summed E-state index contributed by atoms with van der Waals surface area (Å²) in [6.45, 7) is 11.6. The van der Waals surface area contributed by atoms with Crippen molar-refractivity contribution in [2.75, 3.05) is 18.1 Å². The van der Waals surface area contributed by atoms with Crippen LogP contribution >= 0.6 is 12.2 Å². The topological polar surface area (TPSA) is 81.5 Å². The molecule has 1 aliphatic heterocycles. The van der Waals surface area contributed by atoms with Crippen LogP contribution in [0.3, 0.4) is 0 Å². The summed E-state index contributed by atoms with van der Waals surface area (Å²) in [6.07, 6.45) is 2.44. The fourth-order valence-electron chi connectivity index (χ4n) is 3.67. The molecule has 1 aromatic carbocycles. The summed E-state index contributed by atoms with van der Waals surface area (Å²) < 4.78 is 5.85. The van der Waals surface area contributed by atoms with E-state index in [1.807, 2.05) is 43.9 Å². The van der Waals surface area contributed by atoms with Gasteiger partial charge in [0.2, 0.25) is 0 Å². The molecule has 1 aromatic heterocycles. The van der Waals surface area contributed by atoms with E-state index in [0.717, 1.165) is 23.6 Å². The minimum absolute atomic E-state index is 0.0766. The third-order valence-corrected chi connectivity index (χ3v) is 6.10. The molecule has 174 valence electrons.